The van der Waals surface area contributed by atoms with Crippen LogP contribution in [0.15, 0.2) is 51.7 Å². The van der Waals surface area contributed by atoms with Crippen molar-refractivity contribution in [2.45, 2.75) is 46.6 Å². The van der Waals surface area contributed by atoms with Gasteiger partial charge in [-0.25, -0.2) is 4.79 Å². The average molecular weight is 421 g/mol. The van der Waals surface area contributed by atoms with E-state index in [0.29, 0.717) is 22.6 Å². The fourth-order valence-corrected chi connectivity index (χ4v) is 3.56. The summed E-state index contributed by atoms with van der Waals surface area (Å²) in [6.07, 6.45) is 0.0351. The zero-order chi connectivity index (χ0) is 22.5. The fraction of sp³-hybridized carbons (Fsp3) is 0.320. The van der Waals surface area contributed by atoms with Gasteiger partial charge in [-0.1, -0.05) is 32.0 Å². The van der Waals surface area contributed by atoms with Crippen LogP contribution in [0.4, 0.5) is 0 Å². The summed E-state index contributed by atoms with van der Waals surface area (Å²) in [4.78, 5) is 36.3. The van der Waals surface area contributed by atoms with Gasteiger partial charge in [-0.3, -0.25) is 9.59 Å². The fourth-order valence-electron chi connectivity index (χ4n) is 3.56. The summed E-state index contributed by atoms with van der Waals surface area (Å²) in [5.41, 5.74) is 4.23. The van der Waals surface area contributed by atoms with Crippen molar-refractivity contribution in [3.05, 3.63) is 80.7 Å². The third kappa shape index (κ3) is 5.40. The molecule has 31 heavy (non-hydrogen) atoms. The van der Waals surface area contributed by atoms with Crippen LogP contribution in [0.2, 0.25) is 0 Å². The van der Waals surface area contributed by atoms with E-state index in [1.54, 1.807) is 12.1 Å². The van der Waals surface area contributed by atoms with Crippen molar-refractivity contribution in [1.29, 1.82) is 0 Å². The molecule has 0 aliphatic heterocycles. The lowest BCUT2D eigenvalue weighted by Crippen LogP contribution is -2.27. The Morgan fingerprint density at radius 3 is 2.52 bits per heavy atom. The van der Waals surface area contributed by atoms with E-state index < -0.39 is 11.6 Å². The average Bonchev–Trinajstić information content (AvgIpc) is 2.71. The lowest BCUT2D eigenvalue weighted by Gasteiger charge is -2.13. The molecule has 0 saturated carbocycles. The van der Waals surface area contributed by atoms with Crippen molar-refractivity contribution < 1.29 is 18.7 Å². The van der Waals surface area contributed by atoms with Crippen LogP contribution in [0.3, 0.4) is 0 Å². The minimum Gasteiger partial charge on any atom is -0.461 e. The molecule has 0 aliphatic rings. The first-order valence-corrected chi connectivity index (χ1v) is 10.3. The van der Waals surface area contributed by atoms with Gasteiger partial charge in [0.1, 0.15) is 12.2 Å². The van der Waals surface area contributed by atoms with Gasteiger partial charge in [0.05, 0.1) is 6.42 Å². The highest BCUT2D eigenvalue weighted by Gasteiger charge is 2.14. The number of fused-ring (bicyclic) bond motifs is 1. The number of benzene rings is 2. The zero-order valence-corrected chi connectivity index (χ0v) is 18.3. The molecule has 1 aromatic heterocycles. The van der Waals surface area contributed by atoms with Gasteiger partial charge in [-0.2, -0.15) is 0 Å². The van der Waals surface area contributed by atoms with Crippen LogP contribution in [-0.2, 0) is 16.1 Å². The quantitative estimate of drug-likeness (QED) is 0.452. The van der Waals surface area contributed by atoms with Crippen LogP contribution in [-0.4, -0.2) is 18.4 Å². The maximum absolute atomic E-state index is 12.2. The number of rotatable bonds is 7. The number of esters is 1. The summed E-state index contributed by atoms with van der Waals surface area (Å²) in [5, 5.41) is 3.49. The molecular weight excluding hydrogens is 394 g/mol. The maximum atomic E-state index is 12.2. The molecule has 6 heteroatoms. The van der Waals surface area contributed by atoms with E-state index in [9.17, 15) is 14.4 Å². The summed E-state index contributed by atoms with van der Waals surface area (Å²) < 4.78 is 10.7. The van der Waals surface area contributed by atoms with E-state index >= 15 is 0 Å². The highest BCUT2D eigenvalue weighted by atomic mass is 16.5. The molecule has 0 spiro atoms. The van der Waals surface area contributed by atoms with E-state index in [4.69, 9.17) is 9.15 Å². The Bertz CT molecular complexity index is 1180. The highest BCUT2D eigenvalue weighted by molar-refractivity contribution is 5.95. The van der Waals surface area contributed by atoms with Gasteiger partial charge >= 0.3 is 11.6 Å². The molecule has 1 N–H and O–H groups in total. The van der Waals surface area contributed by atoms with Gasteiger partial charge in [0.2, 0.25) is 0 Å². The van der Waals surface area contributed by atoms with E-state index in [1.165, 1.54) is 6.07 Å². The van der Waals surface area contributed by atoms with E-state index in [0.717, 1.165) is 22.1 Å². The highest BCUT2D eigenvalue weighted by Crippen LogP contribution is 2.27. The second-order valence-electron chi connectivity index (χ2n) is 7.93. The van der Waals surface area contributed by atoms with Crippen molar-refractivity contribution in [2.75, 3.05) is 6.54 Å². The number of nitrogens with one attached hydrogen (secondary N) is 1. The predicted molar refractivity (Wildman–Crippen MR) is 119 cm³/mol. The normalized spacial score (nSPS) is 11.0. The van der Waals surface area contributed by atoms with Gasteiger partial charge in [-0.15, -0.1) is 0 Å². The molecule has 0 aliphatic carbocycles. The van der Waals surface area contributed by atoms with Crippen LogP contribution in [0.5, 0.6) is 0 Å². The molecule has 0 bridgehead atoms. The summed E-state index contributed by atoms with van der Waals surface area (Å²) in [6.45, 7) is 8.16. The monoisotopic (exact) mass is 421 g/mol. The Morgan fingerprint density at radius 2 is 1.81 bits per heavy atom. The largest absolute Gasteiger partial charge is 0.461 e. The second kappa shape index (κ2) is 9.60. The molecule has 6 nitrogen and oxygen atoms in total. The number of aryl methyl sites for hydroxylation is 2. The maximum Gasteiger partial charge on any atom is 0.336 e. The number of hydrogen-bond donors (Lipinski definition) is 1. The molecule has 0 unspecified atom stereocenters. The summed E-state index contributed by atoms with van der Waals surface area (Å²) in [7, 11) is 0. The molecule has 1 amide bonds. The van der Waals surface area contributed by atoms with Crippen molar-refractivity contribution in [2.24, 2.45) is 0 Å². The standard InChI is InChI=1S/C25H27NO5/c1-15(2)20-13-21-18(12-24(28)31-22(21)11-17(20)4)14-30-23(27)9-10-26-25(29)19-8-6-5-7-16(19)3/h5-8,11-13,15H,9-10,14H2,1-4H3,(H,26,29). The lowest BCUT2D eigenvalue weighted by molar-refractivity contribution is -0.144. The molecule has 0 radical (unpaired) electrons. The number of carbonyl (C=O) groups is 2. The Balaban J connectivity index is 1.63. The SMILES string of the molecule is Cc1ccccc1C(=O)NCCC(=O)OCc1cc(=O)oc2cc(C)c(C(C)C)cc12. The van der Waals surface area contributed by atoms with Crippen LogP contribution >= 0.6 is 0 Å². The van der Waals surface area contributed by atoms with Crippen LogP contribution in [0.25, 0.3) is 11.0 Å². The first-order valence-electron chi connectivity index (χ1n) is 10.3. The zero-order valence-electron chi connectivity index (χ0n) is 18.3. The van der Waals surface area contributed by atoms with Gasteiger partial charge in [0.15, 0.2) is 0 Å². The molecule has 3 aromatic rings. The van der Waals surface area contributed by atoms with Crippen molar-refractivity contribution >= 4 is 22.8 Å². The minimum absolute atomic E-state index is 0.0345. The van der Waals surface area contributed by atoms with Crippen LogP contribution in [0, 0.1) is 13.8 Å². The van der Waals surface area contributed by atoms with Crippen molar-refractivity contribution in [3.63, 3.8) is 0 Å². The molecule has 1 heterocycles. The number of amides is 1. The molecule has 0 atom stereocenters. The van der Waals surface area contributed by atoms with E-state index in [2.05, 4.69) is 19.2 Å². The first kappa shape index (κ1) is 22.3. The Kier molecular flexibility index (Phi) is 6.90. The molecule has 0 saturated heterocycles. The molecule has 162 valence electrons. The summed E-state index contributed by atoms with van der Waals surface area (Å²) in [5.74, 6) is -0.375. The topological polar surface area (TPSA) is 85.6 Å². The molecule has 0 fully saturated rings. The van der Waals surface area contributed by atoms with Gasteiger partial charge in [0.25, 0.3) is 5.91 Å². The van der Waals surface area contributed by atoms with Gasteiger partial charge in [0, 0.05) is 29.1 Å². The summed E-state index contributed by atoms with van der Waals surface area (Å²) in [6, 6.07) is 12.4. The van der Waals surface area contributed by atoms with E-state index in [-0.39, 0.29) is 25.5 Å². The number of ether oxygens (including phenoxy) is 1. The van der Waals surface area contributed by atoms with E-state index in [1.807, 2.05) is 38.1 Å². The second-order valence-corrected chi connectivity index (χ2v) is 7.93. The van der Waals surface area contributed by atoms with Gasteiger partial charge in [-0.05, 0) is 54.7 Å². The number of carbonyl (C=O) groups excluding carboxylic acids is 2. The Labute approximate surface area is 181 Å². The third-order valence-corrected chi connectivity index (χ3v) is 5.23. The first-order chi connectivity index (χ1) is 14.8. The Morgan fingerprint density at radius 1 is 1.06 bits per heavy atom. The summed E-state index contributed by atoms with van der Waals surface area (Å²) >= 11 is 0. The molecule has 2 aromatic carbocycles. The van der Waals surface area contributed by atoms with Crippen molar-refractivity contribution in [1.82, 2.24) is 5.32 Å². The van der Waals surface area contributed by atoms with Crippen LogP contribution in [0.1, 0.15) is 58.8 Å². The smallest absolute Gasteiger partial charge is 0.336 e. The van der Waals surface area contributed by atoms with Crippen molar-refractivity contribution in [3.8, 4) is 0 Å². The lowest BCUT2D eigenvalue weighted by atomic mass is 9.95. The molecular formula is C25H27NO5. The van der Waals surface area contributed by atoms with Gasteiger partial charge < -0.3 is 14.5 Å². The third-order valence-electron chi connectivity index (χ3n) is 5.23. The Hall–Kier alpha value is -3.41. The van der Waals surface area contributed by atoms with Crippen LogP contribution < -0.4 is 10.9 Å². The minimum atomic E-state index is -0.485. The molecule has 3 rings (SSSR count). The number of hydrogen-bond acceptors (Lipinski definition) is 5. The predicted octanol–water partition coefficient (Wildman–Crippen LogP) is 4.40.